The molecule has 0 aromatic heterocycles. The summed E-state index contributed by atoms with van der Waals surface area (Å²) in [6.45, 7) is 0. The first-order chi connectivity index (χ1) is 9.83. The molecule has 0 heterocycles. The van der Waals surface area contributed by atoms with Gasteiger partial charge in [-0.2, -0.15) is 0 Å². The molecular formula is C14H13FN2O3S. The van der Waals surface area contributed by atoms with E-state index in [0.29, 0.717) is 16.9 Å². The highest BCUT2D eigenvalue weighted by molar-refractivity contribution is 7.92. The number of halogens is 1. The van der Waals surface area contributed by atoms with Crippen LogP contribution in [-0.2, 0) is 10.0 Å². The Labute approximate surface area is 121 Å². The maximum absolute atomic E-state index is 13.0. The minimum absolute atomic E-state index is 0.332. The Balaban J connectivity index is 2.10. The Morgan fingerprint density at radius 1 is 1.05 bits per heavy atom. The lowest BCUT2D eigenvalue weighted by atomic mass is 10.2. The molecule has 7 heteroatoms. The van der Waals surface area contributed by atoms with E-state index in [9.17, 15) is 17.6 Å². The largest absolute Gasteiger partial charge is 0.322 e. The van der Waals surface area contributed by atoms with Crippen molar-refractivity contribution in [2.45, 2.75) is 0 Å². The van der Waals surface area contributed by atoms with E-state index >= 15 is 0 Å². The van der Waals surface area contributed by atoms with Gasteiger partial charge in [-0.25, -0.2) is 12.8 Å². The molecule has 2 N–H and O–H groups in total. The molecule has 2 aromatic carbocycles. The van der Waals surface area contributed by atoms with Crippen LogP contribution in [0.5, 0.6) is 0 Å². The Morgan fingerprint density at radius 3 is 2.29 bits per heavy atom. The molecular weight excluding hydrogens is 295 g/mol. The van der Waals surface area contributed by atoms with Crippen molar-refractivity contribution in [2.75, 3.05) is 16.3 Å². The zero-order chi connectivity index (χ0) is 15.5. The molecule has 2 aromatic rings. The first-order valence-electron chi connectivity index (χ1n) is 5.98. The first kappa shape index (κ1) is 15.0. The van der Waals surface area contributed by atoms with Gasteiger partial charge in [0.15, 0.2) is 0 Å². The zero-order valence-corrected chi connectivity index (χ0v) is 11.9. The number of amides is 1. The van der Waals surface area contributed by atoms with Crippen molar-refractivity contribution in [2.24, 2.45) is 0 Å². The number of hydrogen-bond donors (Lipinski definition) is 2. The molecule has 2 rings (SSSR count). The van der Waals surface area contributed by atoms with Crippen LogP contribution in [0.25, 0.3) is 0 Å². The minimum atomic E-state index is -3.36. The van der Waals surface area contributed by atoms with E-state index in [1.807, 2.05) is 0 Å². The Morgan fingerprint density at radius 2 is 1.71 bits per heavy atom. The van der Waals surface area contributed by atoms with Gasteiger partial charge in [0, 0.05) is 16.9 Å². The molecule has 0 aliphatic rings. The molecule has 0 saturated heterocycles. The average Bonchev–Trinajstić information content (AvgIpc) is 2.37. The second kappa shape index (κ2) is 5.92. The first-order valence-corrected chi connectivity index (χ1v) is 7.87. The number of hydrogen-bond acceptors (Lipinski definition) is 3. The SMILES string of the molecule is CS(=O)(=O)Nc1ccc(C(=O)Nc2cccc(F)c2)cc1. The number of anilines is 2. The summed E-state index contributed by atoms with van der Waals surface area (Å²) in [6, 6.07) is 11.4. The monoisotopic (exact) mass is 308 g/mol. The number of carbonyl (C=O) groups is 1. The zero-order valence-electron chi connectivity index (χ0n) is 11.1. The third kappa shape index (κ3) is 4.57. The van der Waals surface area contributed by atoms with E-state index < -0.39 is 21.7 Å². The molecule has 0 bridgehead atoms. The lowest BCUT2D eigenvalue weighted by Gasteiger charge is -2.07. The lowest BCUT2D eigenvalue weighted by molar-refractivity contribution is 0.102. The van der Waals surface area contributed by atoms with Crippen molar-refractivity contribution in [3.63, 3.8) is 0 Å². The number of rotatable bonds is 4. The van der Waals surface area contributed by atoms with Crippen LogP contribution in [0.1, 0.15) is 10.4 Å². The van der Waals surface area contributed by atoms with Crippen molar-refractivity contribution < 1.29 is 17.6 Å². The van der Waals surface area contributed by atoms with E-state index in [1.54, 1.807) is 6.07 Å². The summed E-state index contributed by atoms with van der Waals surface area (Å²) in [7, 11) is -3.36. The highest BCUT2D eigenvalue weighted by Crippen LogP contribution is 2.14. The maximum Gasteiger partial charge on any atom is 0.255 e. The van der Waals surface area contributed by atoms with Gasteiger partial charge < -0.3 is 5.32 Å². The molecule has 0 radical (unpaired) electrons. The Bertz CT molecular complexity index is 758. The molecule has 0 atom stereocenters. The third-order valence-corrected chi connectivity index (χ3v) is 3.14. The van der Waals surface area contributed by atoms with Crippen LogP contribution in [0.3, 0.4) is 0 Å². The molecule has 0 aliphatic heterocycles. The molecule has 0 aliphatic carbocycles. The molecule has 21 heavy (non-hydrogen) atoms. The van der Waals surface area contributed by atoms with E-state index in [0.717, 1.165) is 6.26 Å². The smallest absolute Gasteiger partial charge is 0.255 e. The average molecular weight is 308 g/mol. The van der Waals surface area contributed by atoms with Crippen LogP contribution < -0.4 is 10.0 Å². The van der Waals surface area contributed by atoms with Crippen molar-refractivity contribution in [1.29, 1.82) is 0 Å². The topological polar surface area (TPSA) is 75.3 Å². The van der Waals surface area contributed by atoms with Gasteiger partial charge in [-0.15, -0.1) is 0 Å². The minimum Gasteiger partial charge on any atom is -0.322 e. The summed E-state index contributed by atoms with van der Waals surface area (Å²) in [6.07, 6.45) is 1.04. The predicted molar refractivity (Wildman–Crippen MR) is 79.3 cm³/mol. The lowest BCUT2D eigenvalue weighted by Crippen LogP contribution is -2.13. The van der Waals surface area contributed by atoms with Crippen molar-refractivity contribution in [3.05, 3.63) is 59.9 Å². The van der Waals surface area contributed by atoms with Crippen LogP contribution in [0.2, 0.25) is 0 Å². The molecule has 0 saturated carbocycles. The molecule has 5 nitrogen and oxygen atoms in total. The van der Waals surface area contributed by atoms with Gasteiger partial charge in [-0.3, -0.25) is 9.52 Å². The summed E-state index contributed by atoms with van der Waals surface area (Å²) in [5, 5.41) is 2.55. The van der Waals surface area contributed by atoms with Gasteiger partial charge in [-0.05, 0) is 42.5 Å². The van der Waals surface area contributed by atoms with Crippen LogP contribution in [0.4, 0.5) is 15.8 Å². The van der Waals surface area contributed by atoms with E-state index in [2.05, 4.69) is 10.0 Å². The van der Waals surface area contributed by atoms with Crippen molar-refractivity contribution in [1.82, 2.24) is 0 Å². The number of benzene rings is 2. The van der Waals surface area contributed by atoms with Gasteiger partial charge in [-0.1, -0.05) is 6.07 Å². The van der Waals surface area contributed by atoms with Crippen LogP contribution in [-0.4, -0.2) is 20.6 Å². The van der Waals surface area contributed by atoms with Crippen molar-refractivity contribution in [3.8, 4) is 0 Å². The number of nitrogens with one attached hydrogen (secondary N) is 2. The quantitative estimate of drug-likeness (QED) is 0.911. The van der Waals surface area contributed by atoms with Gasteiger partial charge >= 0.3 is 0 Å². The molecule has 0 fully saturated rings. The van der Waals surface area contributed by atoms with E-state index in [4.69, 9.17) is 0 Å². The standard InChI is InChI=1S/C14H13FN2O3S/c1-21(19,20)17-12-7-5-10(6-8-12)14(18)16-13-4-2-3-11(15)9-13/h2-9,17H,1H3,(H,16,18). The second-order valence-corrected chi connectivity index (χ2v) is 6.16. The predicted octanol–water partition coefficient (Wildman–Crippen LogP) is 2.45. The highest BCUT2D eigenvalue weighted by atomic mass is 32.2. The second-order valence-electron chi connectivity index (χ2n) is 4.42. The normalized spacial score (nSPS) is 11.0. The summed E-state index contributed by atoms with van der Waals surface area (Å²) >= 11 is 0. The highest BCUT2D eigenvalue weighted by Gasteiger charge is 2.07. The van der Waals surface area contributed by atoms with Crippen molar-refractivity contribution >= 4 is 27.3 Å². The van der Waals surface area contributed by atoms with Gasteiger partial charge in [0.25, 0.3) is 5.91 Å². The molecule has 1 amide bonds. The molecule has 0 spiro atoms. The maximum atomic E-state index is 13.0. The fourth-order valence-electron chi connectivity index (χ4n) is 1.67. The Kier molecular flexibility index (Phi) is 4.23. The Hall–Kier alpha value is -2.41. The fourth-order valence-corrected chi connectivity index (χ4v) is 2.24. The van der Waals surface area contributed by atoms with Crippen LogP contribution >= 0.6 is 0 Å². The van der Waals surface area contributed by atoms with Crippen LogP contribution in [0.15, 0.2) is 48.5 Å². The molecule has 0 unspecified atom stereocenters. The number of carbonyl (C=O) groups excluding carboxylic acids is 1. The van der Waals surface area contributed by atoms with E-state index in [1.165, 1.54) is 42.5 Å². The summed E-state index contributed by atoms with van der Waals surface area (Å²) in [5.74, 6) is -0.855. The van der Waals surface area contributed by atoms with Crippen LogP contribution in [0, 0.1) is 5.82 Å². The fraction of sp³-hybridized carbons (Fsp3) is 0.0714. The summed E-state index contributed by atoms with van der Waals surface area (Å²) < 4.78 is 37.4. The molecule has 110 valence electrons. The third-order valence-electron chi connectivity index (χ3n) is 2.53. The van der Waals surface area contributed by atoms with Gasteiger partial charge in [0.05, 0.1) is 6.26 Å². The van der Waals surface area contributed by atoms with E-state index in [-0.39, 0.29) is 0 Å². The van der Waals surface area contributed by atoms with Gasteiger partial charge in [0.2, 0.25) is 10.0 Å². The summed E-state index contributed by atoms with van der Waals surface area (Å²) in [5.41, 5.74) is 1.04. The van der Waals surface area contributed by atoms with Gasteiger partial charge in [0.1, 0.15) is 5.82 Å². The number of sulfonamides is 1. The summed E-state index contributed by atoms with van der Waals surface area (Å²) in [4.78, 5) is 11.9.